The quantitative estimate of drug-likeness (QED) is 0.875. The summed E-state index contributed by atoms with van der Waals surface area (Å²) in [6.45, 7) is 0.685. The Morgan fingerprint density at radius 1 is 1.59 bits per heavy atom. The fraction of sp³-hybridized carbons (Fsp3) is 0.417. The third-order valence-electron chi connectivity index (χ3n) is 2.75. The SMILES string of the molecule is NC(C(=O)O)c1ccc(Br)c(OCC2CC2)c1. The van der Waals surface area contributed by atoms with Crippen LogP contribution in [-0.2, 0) is 4.79 Å². The molecule has 0 aromatic heterocycles. The zero-order valence-electron chi connectivity index (χ0n) is 9.23. The molecule has 1 fully saturated rings. The molecule has 0 radical (unpaired) electrons. The normalized spacial score (nSPS) is 16.6. The highest BCUT2D eigenvalue weighted by Crippen LogP contribution is 2.33. The van der Waals surface area contributed by atoms with Crippen LogP contribution in [0.25, 0.3) is 0 Å². The van der Waals surface area contributed by atoms with E-state index in [2.05, 4.69) is 15.9 Å². The predicted octanol–water partition coefficient (Wildman–Crippen LogP) is 2.32. The van der Waals surface area contributed by atoms with Crippen molar-refractivity contribution in [2.24, 2.45) is 11.7 Å². The molecule has 0 amide bonds. The number of carboxylic acid groups (broad SMARTS) is 1. The van der Waals surface area contributed by atoms with Crippen molar-refractivity contribution in [2.75, 3.05) is 6.61 Å². The zero-order valence-corrected chi connectivity index (χ0v) is 10.8. The van der Waals surface area contributed by atoms with E-state index in [0.717, 1.165) is 4.47 Å². The number of carboxylic acids is 1. The molecule has 1 aromatic carbocycles. The van der Waals surface area contributed by atoms with Crippen molar-refractivity contribution in [3.63, 3.8) is 0 Å². The van der Waals surface area contributed by atoms with Gasteiger partial charge in [-0.3, -0.25) is 4.79 Å². The molecule has 1 aromatic rings. The van der Waals surface area contributed by atoms with Crippen LogP contribution in [0.4, 0.5) is 0 Å². The second-order valence-electron chi connectivity index (χ2n) is 4.26. The van der Waals surface area contributed by atoms with Gasteiger partial charge in [-0.05, 0) is 52.4 Å². The van der Waals surface area contributed by atoms with Gasteiger partial charge < -0.3 is 15.6 Å². The van der Waals surface area contributed by atoms with Gasteiger partial charge in [0.25, 0.3) is 0 Å². The van der Waals surface area contributed by atoms with E-state index in [9.17, 15) is 4.79 Å². The van der Waals surface area contributed by atoms with Crippen LogP contribution in [0, 0.1) is 5.92 Å². The first kappa shape index (κ1) is 12.4. The minimum Gasteiger partial charge on any atom is -0.492 e. The fourth-order valence-corrected chi connectivity index (χ4v) is 1.82. The lowest BCUT2D eigenvalue weighted by molar-refractivity contribution is -0.138. The lowest BCUT2D eigenvalue weighted by Gasteiger charge is -2.12. The molecule has 3 N–H and O–H groups in total. The number of aliphatic carboxylic acids is 1. The van der Waals surface area contributed by atoms with Crippen molar-refractivity contribution in [3.05, 3.63) is 28.2 Å². The number of hydrogen-bond donors (Lipinski definition) is 2. The Labute approximate surface area is 108 Å². The Kier molecular flexibility index (Phi) is 3.69. The second-order valence-corrected chi connectivity index (χ2v) is 5.11. The van der Waals surface area contributed by atoms with Gasteiger partial charge in [0, 0.05) is 0 Å². The topological polar surface area (TPSA) is 72.6 Å². The summed E-state index contributed by atoms with van der Waals surface area (Å²) >= 11 is 3.37. The average molecular weight is 300 g/mol. The molecule has 1 atom stereocenters. The molecule has 5 heteroatoms. The van der Waals surface area contributed by atoms with Crippen molar-refractivity contribution in [2.45, 2.75) is 18.9 Å². The van der Waals surface area contributed by atoms with Crippen molar-refractivity contribution in [1.29, 1.82) is 0 Å². The fourth-order valence-electron chi connectivity index (χ4n) is 1.46. The smallest absolute Gasteiger partial charge is 0.325 e. The summed E-state index contributed by atoms with van der Waals surface area (Å²) in [4.78, 5) is 10.8. The summed E-state index contributed by atoms with van der Waals surface area (Å²) in [6, 6.07) is 4.13. The Morgan fingerprint density at radius 3 is 2.88 bits per heavy atom. The van der Waals surface area contributed by atoms with Crippen LogP contribution in [0.5, 0.6) is 5.75 Å². The van der Waals surface area contributed by atoms with Crippen LogP contribution in [0.1, 0.15) is 24.4 Å². The van der Waals surface area contributed by atoms with Crippen LogP contribution in [-0.4, -0.2) is 17.7 Å². The highest BCUT2D eigenvalue weighted by molar-refractivity contribution is 9.10. The first-order valence-corrected chi connectivity index (χ1v) is 6.28. The third kappa shape index (κ3) is 3.20. The Hall–Kier alpha value is -1.07. The molecule has 0 aliphatic heterocycles. The summed E-state index contributed by atoms with van der Waals surface area (Å²) in [5.41, 5.74) is 6.10. The first-order valence-electron chi connectivity index (χ1n) is 5.48. The summed E-state index contributed by atoms with van der Waals surface area (Å²) in [7, 11) is 0. The lowest BCUT2D eigenvalue weighted by atomic mass is 10.1. The van der Waals surface area contributed by atoms with Crippen LogP contribution >= 0.6 is 15.9 Å². The molecule has 92 valence electrons. The highest BCUT2D eigenvalue weighted by Gasteiger charge is 2.23. The van der Waals surface area contributed by atoms with E-state index in [1.807, 2.05) is 0 Å². The van der Waals surface area contributed by atoms with Crippen molar-refractivity contribution < 1.29 is 14.6 Å². The minimum absolute atomic E-state index is 0.548. The monoisotopic (exact) mass is 299 g/mol. The number of halogens is 1. The van der Waals surface area contributed by atoms with Gasteiger partial charge in [0.2, 0.25) is 0 Å². The molecule has 1 unspecified atom stereocenters. The van der Waals surface area contributed by atoms with Gasteiger partial charge in [0.1, 0.15) is 11.8 Å². The van der Waals surface area contributed by atoms with E-state index in [1.54, 1.807) is 18.2 Å². The van der Waals surface area contributed by atoms with E-state index in [4.69, 9.17) is 15.6 Å². The lowest BCUT2D eigenvalue weighted by Crippen LogP contribution is -2.20. The maximum atomic E-state index is 10.8. The predicted molar refractivity (Wildman–Crippen MR) is 66.9 cm³/mol. The zero-order chi connectivity index (χ0) is 12.4. The third-order valence-corrected chi connectivity index (χ3v) is 3.41. The van der Waals surface area contributed by atoms with Gasteiger partial charge in [-0.25, -0.2) is 0 Å². The van der Waals surface area contributed by atoms with Gasteiger partial charge >= 0.3 is 5.97 Å². The Balaban J connectivity index is 2.12. The number of hydrogen-bond acceptors (Lipinski definition) is 3. The van der Waals surface area contributed by atoms with E-state index < -0.39 is 12.0 Å². The van der Waals surface area contributed by atoms with Crippen LogP contribution in [0.3, 0.4) is 0 Å². The molecular weight excluding hydrogens is 286 g/mol. The second kappa shape index (κ2) is 5.06. The van der Waals surface area contributed by atoms with Gasteiger partial charge in [-0.15, -0.1) is 0 Å². The average Bonchev–Trinajstić information content (AvgIpc) is 3.11. The number of nitrogens with two attached hydrogens (primary N) is 1. The standard InChI is InChI=1S/C12H14BrNO3/c13-9-4-3-8(11(14)12(15)16)5-10(9)17-6-7-1-2-7/h3-5,7,11H,1-2,6,14H2,(H,15,16). The Morgan fingerprint density at radius 2 is 2.29 bits per heavy atom. The molecule has 1 saturated carbocycles. The highest BCUT2D eigenvalue weighted by atomic mass is 79.9. The van der Waals surface area contributed by atoms with Crippen LogP contribution < -0.4 is 10.5 Å². The molecule has 1 aliphatic carbocycles. The number of rotatable bonds is 5. The number of ether oxygens (including phenoxy) is 1. The number of benzene rings is 1. The molecule has 1 aliphatic rings. The molecular formula is C12H14BrNO3. The summed E-state index contributed by atoms with van der Waals surface area (Å²) in [5, 5.41) is 8.85. The largest absolute Gasteiger partial charge is 0.492 e. The molecule has 17 heavy (non-hydrogen) atoms. The van der Waals surface area contributed by atoms with E-state index in [0.29, 0.717) is 23.8 Å². The van der Waals surface area contributed by atoms with Gasteiger partial charge in [0.05, 0.1) is 11.1 Å². The van der Waals surface area contributed by atoms with Crippen molar-refractivity contribution >= 4 is 21.9 Å². The molecule has 0 spiro atoms. The van der Waals surface area contributed by atoms with Gasteiger partial charge in [-0.2, -0.15) is 0 Å². The van der Waals surface area contributed by atoms with Crippen LogP contribution in [0.15, 0.2) is 22.7 Å². The first-order chi connectivity index (χ1) is 8.08. The van der Waals surface area contributed by atoms with E-state index >= 15 is 0 Å². The molecule has 4 nitrogen and oxygen atoms in total. The molecule has 0 bridgehead atoms. The van der Waals surface area contributed by atoms with Crippen molar-refractivity contribution in [3.8, 4) is 5.75 Å². The van der Waals surface area contributed by atoms with Crippen molar-refractivity contribution in [1.82, 2.24) is 0 Å². The summed E-state index contributed by atoms with van der Waals surface area (Å²) in [6.07, 6.45) is 2.43. The maximum Gasteiger partial charge on any atom is 0.325 e. The molecule has 0 saturated heterocycles. The molecule has 2 rings (SSSR count). The van der Waals surface area contributed by atoms with E-state index in [1.165, 1.54) is 12.8 Å². The van der Waals surface area contributed by atoms with Gasteiger partial charge in [-0.1, -0.05) is 6.07 Å². The number of carbonyl (C=O) groups is 1. The minimum atomic E-state index is -1.04. The summed E-state index contributed by atoms with van der Waals surface area (Å²) < 4.78 is 6.45. The van der Waals surface area contributed by atoms with Crippen LogP contribution in [0.2, 0.25) is 0 Å². The Bertz CT molecular complexity index is 432. The maximum absolute atomic E-state index is 10.8. The van der Waals surface area contributed by atoms with Gasteiger partial charge in [0.15, 0.2) is 0 Å². The molecule has 0 heterocycles. The van der Waals surface area contributed by atoms with E-state index in [-0.39, 0.29) is 0 Å². The summed E-state index contributed by atoms with van der Waals surface area (Å²) in [5.74, 6) is 0.269.